The van der Waals surface area contributed by atoms with Crippen LogP contribution >= 0.6 is 0 Å². The van der Waals surface area contributed by atoms with Crippen molar-refractivity contribution in [1.82, 2.24) is 14.1 Å². The molecule has 2 aromatic heterocycles. The molecule has 0 fully saturated rings. The second-order valence-electron chi connectivity index (χ2n) is 6.39. The summed E-state index contributed by atoms with van der Waals surface area (Å²) in [6, 6.07) is 13.9. The average Bonchev–Trinajstić information content (AvgIpc) is 3.01. The molecule has 6 heteroatoms. The molecule has 27 heavy (non-hydrogen) atoms. The van der Waals surface area contributed by atoms with Gasteiger partial charge in [-0.3, -0.25) is 9.36 Å². The van der Waals surface area contributed by atoms with Crippen LogP contribution in [0.25, 0.3) is 22.2 Å². The van der Waals surface area contributed by atoms with Crippen LogP contribution in [0.5, 0.6) is 5.75 Å². The normalized spacial score (nSPS) is 11.1. The number of halogens is 1. The number of aromatic nitrogens is 3. The van der Waals surface area contributed by atoms with Gasteiger partial charge in [-0.25, -0.2) is 9.37 Å². The number of hydrogen-bond donors (Lipinski definition) is 0. The molecule has 0 amide bonds. The highest BCUT2D eigenvalue weighted by Gasteiger charge is 2.15. The van der Waals surface area contributed by atoms with Crippen molar-refractivity contribution in [2.75, 3.05) is 7.11 Å². The summed E-state index contributed by atoms with van der Waals surface area (Å²) in [5.41, 5.74) is 3.47. The first-order chi connectivity index (χ1) is 13.1. The Bertz CT molecular complexity index is 1190. The van der Waals surface area contributed by atoms with Crippen molar-refractivity contribution in [2.45, 2.75) is 6.54 Å². The van der Waals surface area contributed by atoms with Gasteiger partial charge in [0.15, 0.2) is 0 Å². The van der Waals surface area contributed by atoms with Crippen LogP contribution in [0.3, 0.4) is 0 Å². The van der Waals surface area contributed by atoms with E-state index in [4.69, 9.17) is 4.74 Å². The van der Waals surface area contributed by atoms with Crippen molar-refractivity contribution < 1.29 is 9.13 Å². The Labute approximate surface area is 155 Å². The van der Waals surface area contributed by atoms with Gasteiger partial charge in [-0.15, -0.1) is 0 Å². The predicted octanol–water partition coefficient (Wildman–Crippen LogP) is 3.60. The fourth-order valence-electron chi connectivity index (χ4n) is 3.26. The Kier molecular flexibility index (Phi) is 4.24. The van der Waals surface area contributed by atoms with Crippen molar-refractivity contribution in [3.63, 3.8) is 0 Å². The van der Waals surface area contributed by atoms with E-state index in [-0.39, 0.29) is 17.9 Å². The fourth-order valence-corrected chi connectivity index (χ4v) is 3.26. The van der Waals surface area contributed by atoms with Crippen molar-refractivity contribution in [2.24, 2.45) is 7.05 Å². The maximum Gasteiger partial charge on any atom is 0.278 e. The van der Waals surface area contributed by atoms with E-state index in [1.165, 1.54) is 23.0 Å². The molecule has 0 unspecified atom stereocenters. The predicted molar refractivity (Wildman–Crippen MR) is 102 cm³/mol. The lowest BCUT2D eigenvalue weighted by Crippen LogP contribution is -2.22. The molecule has 0 aliphatic rings. The van der Waals surface area contributed by atoms with E-state index in [0.717, 1.165) is 16.9 Å². The average molecular weight is 363 g/mol. The van der Waals surface area contributed by atoms with Crippen molar-refractivity contribution in [3.05, 3.63) is 82.8 Å². The molecule has 0 saturated carbocycles. The number of methoxy groups -OCH3 is 1. The van der Waals surface area contributed by atoms with Crippen LogP contribution in [0.4, 0.5) is 4.39 Å². The Morgan fingerprint density at radius 2 is 1.96 bits per heavy atom. The van der Waals surface area contributed by atoms with E-state index in [0.29, 0.717) is 16.6 Å². The van der Waals surface area contributed by atoms with Crippen LogP contribution in [0.2, 0.25) is 0 Å². The Balaban J connectivity index is 1.82. The number of ether oxygens (including phenoxy) is 1. The van der Waals surface area contributed by atoms with Crippen molar-refractivity contribution in [3.8, 4) is 16.9 Å². The SMILES string of the molecule is COc1cccc(-c2cn(C)c3c(=O)n(Cc4cccc(F)c4)cnc23)c1. The second-order valence-corrected chi connectivity index (χ2v) is 6.39. The molecule has 4 aromatic rings. The summed E-state index contributed by atoms with van der Waals surface area (Å²) < 4.78 is 22.0. The number of benzene rings is 2. The molecular formula is C21H18FN3O2. The first-order valence-electron chi connectivity index (χ1n) is 8.50. The third-order valence-electron chi connectivity index (χ3n) is 4.57. The molecule has 0 radical (unpaired) electrons. The molecule has 0 saturated heterocycles. The van der Waals surface area contributed by atoms with E-state index in [1.54, 1.807) is 23.8 Å². The fraction of sp³-hybridized carbons (Fsp3) is 0.143. The number of rotatable bonds is 4. The molecule has 0 spiro atoms. The molecule has 5 nitrogen and oxygen atoms in total. The van der Waals surface area contributed by atoms with Crippen molar-refractivity contribution >= 4 is 11.0 Å². The summed E-state index contributed by atoms with van der Waals surface area (Å²) in [7, 11) is 3.44. The van der Waals surface area contributed by atoms with E-state index in [2.05, 4.69) is 4.98 Å². The third-order valence-corrected chi connectivity index (χ3v) is 4.57. The maximum absolute atomic E-state index is 13.4. The van der Waals surface area contributed by atoms with E-state index < -0.39 is 0 Å². The van der Waals surface area contributed by atoms with Crippen LogP contribution in [0.15, 0.2) is 65.8 Å². The minimum Gasteiger partial charge on any atom is -0.497 e. The van der Waals surface area contributed by atoms with Crippen LogP contribution in [-0.2, 0) is 13.6 Å². The van der Waals surface area contributed by atoms with Gasteiger partial charge in [-0.2, -0.15) is 0 Å². The topological polar surface area (TPSA) is 49.0 Å². The van der Waals surface area contributed by atoms with Gasteiger partial charge < -0.3 is 9.30 Å². The summed E-state index contributed by atoms with van der Waals surface area (Å²) in [4.78, 5) is 17.5. The van der Waals surface area contributed by atoms with Crippen molar-refractivity contribution in [1.29, 1.82) is 0 Å². The molecule has 2 aromatic carbocycles. The van der Waals surface area contributed by atoms with Gasteiger partial charge in [0.1, 0.15) is 22.6 Å². The lowest BCUT2D eigenvalue weighted by atomic mass is 10.1. The molecule has 0 aliphatic heterocycles. The molecule has 136 valence electrons. The van der Waals surface area contributed by atoms with Gasteiger partial charge in [-0.1, -0.05) is 24.3 Å². The first-order valence-corrected chi connectivity index (χ1v) is 8.50. The standard InChI is InChI=1S/C21H18FN3O2/c1-24-12-18(15-6-4-8-17(10-15)27-2)19-20(24)21(26)25(13-23-19)11-14-5-3-7-16(22)9-14/h3-10,12-13H,11H2,1-2H3. The third kappa shape index (κ3) is 3.10. The maximum atomic E-state index is 13.4. The van der Waals surface area contributed by atoms with Crippen LogP contribution in [0, 0.1) is 5.82 Å². The first kappa shape index (κ1) is 17.0. The highest BCUT2D eigenvalue weighted by molar-refractivity contribution is 5.92. The zero-order valence-corrected chi connectivity index (χ0v) is 15.0. The lowest BCUT2D eigenvalue weighted by molar-refractivity contribution is 0.415. The quantitative estimate of drug-likeness (QED) is 0.557. The van der Waals surface area contributed by atoms with E-state index in [1.807, 2.05) is 37.5 Å². The number of hydrogen-bond acceptors (Lipinski definition) is 3. The largest absolute Gasteiger partial charge is 0.497 e. The van der Waals surface area contributed by atoms with Crippen LogP contribution in [0.1, 0.15) is 5.56 Å². The van der Waals surface area contributed by atoms with Gasteiger partial charge in [0.2, 0.25) is 0 Å². The summed E-state index contributed by atoms with van der Waals surface area (Å²) >= 11 is 0. The lowest BCUT2D eigenvalue weighted by Gasteiger charge is -2.07. The van der Waals surface area contributed by atoms with E-state index in [9.17, 15) is 9.18 Å². The summed E-state index contributed by atoms with van der Waals surface area (Å²) in [5, 5.41) is 0. The molecule has 4 rings (SSSR count). The number of aryl methyl sites for hydroxylation is 1. The highest BCUT2D eigenvalue weighted by atomic mass is 19.1. The molecule has 0 bridgehead atoms. The zero-order valence-electron chi connectivity index (χ0n) is 15.0. The van der Waals surface area contributed by atoms with Gasteiger partial charge in [-0.05, 0) is 35.4 Å². The molecular weight excluding hydrogens is 345 g/mol. The highest BCUT2D eigenvalue weighted by Crippen LogP contribution is 2.29. The number of nitrogens with zero attached hydrogens (tertiary/aromatic N) is 3. The summed E-state index contributed by atoms with van der Waals surface area (Å²) in [5.74, 6) is 0.415. The summed E-state index contributed by atoms with van der Waals surface area (Å²) in [6.07, 6.45) is 3.40. The van der Waals surface area contributed by atoms with Gasteiger partial charge in [0.25, 0.3) is 5.56 Å². The van der Waals surface area contributed by atoms with Crippen LogP contribution < -0.4 is 10.3 Å². The summed E-state index contributed by atoms with van der Waals surface area (Å²) in [6.45, 7) is 0.263. The Hall–Kier alpha value is -3.41. The molecule has 2 heterocycles. The van der Waals surface area contributed by atoms with Crippen LogP contribution in [-0.4, -0.2) is 21.2 Å². The monoisotopic (exact) mass is 363 g/mol. The minimum atomic E-state index is -0.325. The second kappa shape index (κ2) is 6.72. The Morgan fingerprint density at radius 3 is 2.74 bits per heavy atom. The smallest absolute Gasteiger partial charge is 0.278 e. The van der Waals surface area contributed by atoms with E-state index >= 15 is 0 Å². The molecule has 0 N–H and O–H groups in total. The van der Waals surface area contributed by atoms with Gasteiger partial charge >= 0.3 is 0 Å². The Morgan fingerprint density at radius 1 is 1.15 bits per heavy atom. The van der Waals surface area contributed by atoms with Gasteiger partial charge in [0, 0.05) is 18.8 Å². The number of fused-ring (bicyclic) bond motifs is 1. The minimum absolute atomic E-state index is 0.166. The molecule has 0 aliphatic carbocycles. The van der Waals surface area contributed by atoms with Gasteiger partial charge in [0.05, 0.1) is 20.0 Å². The molecule has 0 atom stereocenters. The zero-order chi connectivity index (χ0) is 19.0.